The molecule has 0 saturated carbocycles. The maximum Gasteiger partial charge on any atom is 0.302 e. The summed E-state index contributed by atoms with van der Waals surface area (Å²) >= 11 is 0. The first kappa shape index (κ1) is 9.20. The molecule has 0 aromatic carbocycles. The number of carbonyl (C=O) groups is 1. The Hall–Kier alpha value is -1.89. The molecule has 1 rings (SSSR count). The molecule has 0 amide bonds. The Labute approximate surface area is 75.8 Å². The van der Waals surface area contributed by atoms with Gasteiger partial charge in [-0.3, -0.25) is 4.79 Å². The van der Waals surface area contributed by atoms with Crippen LogP contribution in [-0.4, -0.2) is 11.0 Å². The summed E-state index contributed by atoms with van der Waals surface area (Å²) in [6.45, 7) is 1.53. The Balaban J connectivity index is 2.68. The van der Waals surface area contributed by atoms with E-state index in [1.165, 1.54) is 13.1 Å². The Morgan fingerprint density at radius 3 is 3.15 bits per heavy atom. The largest absolute Gasteiger partial charge is 0.461 e. The molecule has 0 spiro atoms. The van der Waals surface area contributed by atoms with Gasteiger partial charge in [0.05, 0.1) is 0 Å². The minimum atomic E-state index is -0.338. The van der Waals surface area contributed by atoms with Crippen LogP contribution in [0.1, 0.15) is 18.2 Å². The summed E-state index contributed by atoms with van der Waals surface area (Å²) < 4.78 is 4.75. The van der Waals surface area contributed by atoms with Crippen molar-refractivity contribution in [1.29, 1.82) is 5.26 Å². The second kappa shape index (κ2) is 4.21. The molecule has 0 atom stereocenters. The van der Waals surface area contributed by atoms with E-state index in [2.05, 4.69) is 4.98 Å². The summed E-state index contributed by atoms with van der Waals surface area (Å²) in [6.07, 6.45) is 1.51. The third-order valence-corrected chi connectivity index (χ3v) is 1.38. The predicted octanol–water partition coefficient (Wildman–Crippen LogP) is 1.02. The number of hydrogen-bond donors (Lipinski definition) is 0. The van der Waals surface area contributed by atoms with E-state index in [9.17, 15) is 4.79 Å². The number of hydrogen-bond acceptors (Lipinski definition) is 4. The summed E-state index contributed by atoms with van der Waals surface area (Å²) in [5.41, 5.74) is 1.09. The highest BCUT2D eigenvalue weighted by atomic mass is 16.5. The van der Waals surface area contributed by atoms with E-state index >= 15 is 0 Å². The molecule has 1 heterocycles. The summed E-state index contributed by atoms with van der Waals surface area (Å²) in [7, 11) is 0. The van der Waals surface area contributed by atoms with Crippen LogP contribution in [0.2, 0.25) is 0 Å². The standard InChI is InChI=1S/C9H8N2O2/c1-7(12)13-6-8-2-3-11-9(4-8)5-10/h2-4H,6H2,1H3. The second-order valence-electron chi connectivity index (χ2n) is 2.44. The maximum atomic E-state index is 10.5. The molecule has 0 fully saturated rings. The monoisotopic (exact) mass is 176 g/mol. The number of rotatable bonds is 2. The first-order valence-electron chi connectivity index (χ1n) is 3.71. The quantitative estimate of drug-likeness (QED) is 0.631. The minimum absolute atomic E-state index is 0.187. The van der Waals surface area contributed by atoms with E-state index in [1.807, 2.05) is 6.07 Å². The van der Waals surface area contributed by atoms with Crippen LogP contribution in [0.4, 0.5) is 0 Å². The van der Waals surface area contributed by atoms with Crippen molar-refractivity contribution in [2.24, 2.45) is 0 Å². The highest BCUT2D eigenvalue weighted by Gasteiger charge is 1.98. The van der Waals surface area contributed by atoms with Crippen molar-refractivity contribution in [3.8, 4) is 6.07 Å². The zero-order valence-corrected chi connectivity index (χ0v) is 7.15. The van der Waals surface area contributed by atoms with Crippen molar-refractivity contribution in [1.82, 2.24) is 4.98 Å². The van der Waals surface area contributed by atoms with Gasteiger partial charge in [-0.1, -0.05) is 0 Å². The molecule has 0 radical (unpaired) electrons. The van der Waals surface area contributed by atoms with Crippen LogP contribution in [0.3, 0.4) is 0 Å². The molecule has 1 aromatic heterocycles. The Morgan fingerprint density at radius 2 is 2.54 bits per heavy atom. The third-order valence-electron chi connectivity index (χ3n) is 1.38. The molecule has 0 N–H and O–H groups in total. The molecule has 4 heteroatoms. The average molecular weight is 176 g/mol. The van der Waals surface area contributed by atoms with Crippen molar-refractivity contribution >= 4 is 5.97 Å². The fourth-order valence-electron chi connectivity index (χ4n) is 0.810. The lowest BCUT2D eigenvalue weighted by atomic mass is 10.2. The van der Waals surface area contributed by atoms with Crippen molar-refractivity contribution in [2.75, 3.05) is 0 Å². The molecule has 66 valence electrons. The van der Waals surface area contributed by atoms with Gasteiger partial charge in [0.15, 0.2) is 0 Å². The van der Waals surface area contributed by atoms with Gasteiger partial charge in [-0.25, -0.2) is 4.98 Å². The number of ether oxygens (including phenoxy) is 1. The molecule has 0 aliphatic rings. The molecule has 0 unspecified atom stereocenters. The van der Waals surface area contributed by atoms with Gasteiger partial charge in [0, 0.05) is 13.1 Å². The third kappa shape index (κ3) is 2.91. The summed E-state index contributed by atoms with van der Waals surface area (Å²) in [6, 6.07) is 5.19. The van der Waals surface area contributed by atoms with Gasteiger partial charge < -0.3 is 4.74 Å². The lowest BCUT2D eigenvalue weighted by molar-refractivity contribution is -0.142. The number of nitriles is 1. The van der Waals surface area contributed by atoms with Crippen LogP contribution in [0.15, 0.2) is 18.3 Å². The number of carbonyl (C=O) groups excluding carboxylic acids is 1. The minimum Gasteiger partial charge on any atom is -0.461 e. The highest BCUT2D eigenvalue weighted by molar-refractivity contribution is 5.65. The van der Waals surface area contributed by atoms with Crippen LogP contribution < -0.4 is 0 Å². The van der Waals surface area contributed by atoms with Crippen LogP contribution >= 0.6 is 0 Å². The fourth-order valence-corrected chi connectivity index (χ4v) is 0.810. The van der Waals surface area contributed by atoms with Gasteiger partial charge in [0.1, 0.15) is 18.4 Å². The van der Waals surface area contributed by atoms with Gasteiger partial charge in [0.25, 0.3) is 0 Å². The van der Waals surface area contributed by atoms with E-state index < -0.39 is 0 Å². The first-order chi connectivity index (χ1) is 6.22. The lowest BCUT2D eigenvalue weighted by Crippen LogP contribution is -1.99. The number of esters is 1. The second-order valence-corrected chi connectivity index (χ2v) is 2.44. The van der Waals surface area contributed by atoms with Crippen LogP contribution in [0.5, 0.6) is 0 Å². The van der Waals surface area contributed by atoms with E-state index in [4.69, 9.17) is 10.00 Å². The Morgan fingerprint density at radius 1 is 1.77 bits per heavy atom. The van der Waals surface area contributed by atoms with Gasteiger partial charge in [-0.05, 0) is 17.7 Å². The van der Waals surface area contributed by atoms with Crippen molar-refractivity contribution in [3.05, 3.63) is 29.6 Å². The zero-order chi connectivity index (χ0) is 9.68. The molecule has 13 heavy (non-hydrogen) atoms. The Bertz CT molecular complexity index is 355. The normalized spacial score (nSPS) is 8.92. The number of pyridine rings is 1. The van der Waals surface area contributed by atoms with Gasteiger partial charge in [-0.2, -0.15) is 5.26 Å². The molecule has 1 aromatic rings. The van der Waals surface area contributed by atoms with Crippen LogP contribution in [0, 0.1) is 11.3 Å². The smallest absolute Gasteiger partial charge is 0.302 e. The van der Waals surface area contributed by atoms with Crippen molar-refractivity contribution in [2.45, 2.75) is 13.5 Å². The topological polar surface area (TPSA) is 63.0 Å². The first-order valence-corrected chi connectivity index (χ1v) is 3.71. The Kier molecular flexibility index (Phi) is 2.98. The zero-order valence-electron chi connectivity index (χ0n) is 7.15. The average Bonchev–Trinajstić information content (AvgIpc) is 2.15. The number of nitrogens with zero attached hydrogens (tertiary/aromatic N) is 2. The van der Waals surface area contributed by atoms with Gasteiger partial charge in [-0.15, -0.1) is 0 Å². The molecular formula is C9H8N2O2. The van der Waals surface area contributed by atoms with Crippen molar-refractivity contribution in [3.63, 3.8) is 0 Å². The SMILES string of the molecule is CC(=O)OCc1ccnc(C#N)c1. The van der Waals surface area contributed by atoms with E-state index in [-0.39, 0.29) is 12.6 Å². The molecule has 0 saturated heterocycles. The maximum absolute atomic E-state index is 10.5. The number of aromatic nitrogens is 1. The predicted molar refractivity (Wildman–Crippen MR) is 44.4 cm³/mol. The van der Waals surface area contributed by atoms with Gasteiger partial charge >= 0.3 is 5.97 Å². The lowest BCUT2D eigenvalue weighted by Gasteiger charge is -2.00. The summed E-state index contributed by atoms with van der Waals surface area (Å²) in [4.78, 5) is 14.3. The van der Waals surface area contributed by atoms with Crippen molar-refractivity contribution < 1.29 is 9.53 Å². The van der Waals surface area contributed by atoms with E-state index in [0.717, 1.165) is 5.56 Å². The van der Waals surface area contributed by atoms with E-state index in [1.54, 1.807) is 12.1 Å². The summed E-state index contributed by atoms with van der Waals surface area (Å²) in [5.74, 6) is -0.338. The van der Waals surface area contributed by atoms with Crippen LogP contribution in [-0.2, 0) is 16.1 Å². The fraction of sp³-hybridized carbons (Fsp3) is 0.222. The molecule has 0 aliphatic carbocycles. The molecular weight excluding hydrogens is 168 g/mol. The molecule has 0 aliphatic heterocycles. The van der Waals surface area contributed by atoms with E-state index in [0.29, 0.717) is 5.69 Å². The van der Waals surface area contributed by atoms with Crippen LogP contribution in [0.25, 0.3) is 0 Å². The summed E-state index contributed by atoms with van der Waals surface area (Å²) in [5, 5.41) is 8.52. The van der Waals surface area contributed by atoms with Gasteiger partial charge in [0.2, 0.25) is 0 Å². The highest BCUT2D eigenvalue weighted by Crippen LogP contribution is 2.02. The molecule has 0 bridgehead atoms. The molecule has 4 nitrogen and oxygen atoms in total.